The van der Waals surface area contributed by atoms with E-state index < -0.39 is 33.3 Å². The predicted molar refractivity (Wildman–Crippen MR) is 48.8 cm³/mol. The van der Waals surface area contributed by atoms with E-state index in [1.54, 1.807) is 6.92 Å². The van der Waals surface area contributed by atoms with Crippen LogP contribution < -0.4 is 0 Å². The van der Waals surface area contributed by atoms with Crippen molar-refractivity contribution in [3.05, 3.63) is 43.9 Å². The molecule has 0 radical (unpaired) electrons. The van der Waals surface area contributed by atoms with E-state index >= 15 is 0 Å². The molecule has 0 aromatic carbocycles. The fourth-order valence-electron chi connectivity index (χ4n) is 1.62. The van der Waals surface area contributed by atoms with Crippen LogP contribution in [0.5, 0.6) is 0 Å². The SMILES string of the molecule is CCC1C([N+](=O)[O-])=C(F)C=CC1[N+](=O)[O-]. The first-order valence-corrected chi connectivity index (χ1v) is 4.34. The first-order valence-electron chi connectivity index (χ1n) is 4.34. The van der Waals surface area contributed by atoms with Crippen molar-refractivity contribution < 1.29 is 14.2 Å². The molecular formula is C8H9FN2O4. The number of nitrogens with zero attached hydrogens (tertiary/aromatic N) is 2. The normalized spacial score (nSPS) is 25.5. The molecule has 2 atom stereocenters. The molecule has 0 aliphatic heterocycles. The van der Waals surface area contributed by atoms with Crippen molar-refractivity contribution >= 4 is 0 Å². The first kappa shape index (κ1) is 11.3. The van der Waals surface area contributed by atoms with Crippen molar-refractivity contribution in [2.75, 3.05) is 0 Å². The minimum atomic E-state index is -1.21. The highest BCUT2D eigenvalue weighted by Crippen LogP contribution is 2.30. The molecule has 0 fully saturated rings. The topological polar surface area (TPSA) is 86.3 Å². The summed E-state index contributed by atoms with van der Waals surface area (Å²) in [5, 5.41) is 21.1. The van der Waals surface area contributed by atoms with E-state index in [0.29, 0.717) is 0 Å². The van der Waals surface area contributed by atoms with Crippen LogP contribution >= 0.6 is 0 Å². The minimum Gasteiger partial charge on any atom is -0.264 e. The summed E-state index contributed by atoms with van der Waals surface area (Å²) in [6.07, 6.45) is 1.99. The summed E-state index contributed by atoms with van der Waals surface area (Å²) in [6.45, 7) is 1.55. The Hall–Kier alpha value is -1.79. The molecule has 0 spiro atoms. The molecule has 15 heavy (non-hydrogen) atoms. The number of rotatable bonds is 3. The van der Waals surface area contributed by atoms with Crippen LogP contribution in [0.15, 0.2) is 23.7 Å². The fourth-order valence-corrected chi connectivity index (χ4v) is 1.62. The molecule has 0 saturated heterocycles. The number of allylic oxidation sites excluding steroid dienone is 2. The van der Waals surface area contributed by atoms with Gasteiger partial charge in [-0.1, -0.05) is 6.92 Å². The Morgan fingerprint density at radius 3 is 2.47 bits per heavy atom. The van der Waals surface area contributed by atoms with E-state index in [-0.39, 0.29) is 6.42 Å². The van der Waals surface area contributed by atoms with E-state index in [1.165, 1.54) is 0 Å². The van der Waals surface area contributed by atoms with Crippen molar-refractivity contribution in [2.24, 2.45) is 5.92 Å². The van der Waals surface area contributed by atoms with Crippen LogP contribution in [0, 0.1) is 26.1 Å². The molecule has 1 rings (SSSR count). The summed E-state index contributed by atoms with van der Waals surface area (Å²) in [5.41, 5.74) is -0.693. The van der Waals surface area contributed by atoms with Crippen molar-refractivity contribution in [3.8, 4) is 0 Å². The predicted octanol–water partition coefficient (Wildman–Crippen LogP) is 1.69. The van der Waals surface area contributed by atoms with Gasteiger partial charge in [0.25, 0.3) is 5.70 Å². The second kappa shape index (κ2) is 4.16. The standard InChI is InChI=1S/C8H9FN2O4/c1-2-5-7(10(12)13)4-3-6(9)8(5)11(14)15/h3-5,7H,2H2,1H3. The maximum absolute atomic E-state index is 13.1. The zero-order valence-electron chi connectivity index (χ0n) is 7.92. The summed E-state index contributed by atoms with van der Waals surface area (Å²) in [5.74, 6) is -2.00. The molecule has 0 aromatic rings. The van der Waals surface area contributed by atoms with Gasteiger partial charge < -0.3 is 0 Å². The molecule has 82 valence electrons. The number of halogens is 1. The lowest BCUT2D eigenvalue weighted by atomic mass is 9.89. The zero-order valence-corrected chi connectivity index (χ0v) is 7.92. The third kappa shape index (κ3) is 2.00. The van der Waals surface area contributed by atoms with E-state index in [9.17, 15) is 24.6 Å². The lowest BCUT2D eigenvalue weighted by Gasteiger charge is -2.17. The Labute approximate surface area is 84.4 Å². The van der Waals surface area contributed by atoms with Crippen LogP contribution in [0.1, 0.15) is 13.3 Å². The molecule has 0 aromatic heterocycles. The zero-order chi connectivity index (χ0) is 11.6. The van der Waals surface area contributed by atoms with E-state index in [2.05, 4.69) is 0 Å². The second-order valence-corrected chi connectivity index (χ2v) is 3.14. The molecule has 0 amide bonds. The number of nitro groups is 2. The average Bonchev–Trinajstić information content (AvgIpc) is 2.15. The number of hydrogen-bond acceptors (Lipinski definition) is 4. The summed E-state index contributed by atoms with van der Waals surface area (Å²) < 4.78 is 13.1. The van der Waals surface area contributed by atoms with E-state index in [4.69, 9.17) is 0 Å². The maximum Gasteiger partial charge on any atom is 0.291 e. The van der Waals surface area contributed by atoms with Gasteiger partial charge >= 0.3 is 0 Å². The lowest BCUT2D eigenvalue weighted by molar-refractivity contribution is -0.529. The third-order valence-corrected chi connectivity index (χ3v) is 2.33. The van der Waals surface area contributed by atoms with Crippen LogP contribution in [0.4, 0.5) is 4.39 Å². The summed E-state index contributed by atoms with van der Waals surface area (Å²) in [4.78, 5) is 19.6. The molecule has 6 nitrogen and oxygen atoms in total. The summed E-state index contributed by atoms with van der Waals surface area (Å²) >= 11 is 0. The van der Waals surface area contributed by atoms with Crippen LogP contribution in [-0.2, 0) is 0 Å². The van der Waals surface area contributed by atoms with Gasteiger partial charge in [0.15, 0.2) is 5.83 Å². The fraction of sp³-hybridized carbons (Fsp3) is 0.500. The largest absolute Gasteiger partial charge is 0.291 e. The quantitative estimate of drug-likeness (QED) is 0.530. The van der Waals surface area contributed by atoms with Crippen molar-refractivity contribution in [3.63, 3.8) is 0 Å². The van der Waals surface area contributed by atoms with Crippen LogP contribution in [0.2, 0.25) is 0 Å². The smallest absolute Gasteiger partial charge is 0.264 e. The Morgan fingerprint density at radius 1 is 1.47 bits per heavy atom. The van der Waals surface area contributed by atoms with Gasteiger partial charge in [-0.2, -0.15) is 4.39 Å². The van der Waals surface area contributed by atoms with Crippen molar-refractivity contribution in [1.82, 2.24) is 0 Å². The maximum atomic E-state index is 13.1. The minimum absolute atomic E-state index is 0.153. The second-order valence-electron chi connectivity index (χ2n) is 3.14. The molecule has 0 saturated carbocycles. The molecule has 2 unspecified atom stereocenters. The van der Waals surface area contributed by atoms with Gasteiger partial charge in [-0.15, -0.1) is 0 Å². The van der Waals surface area contributed by atoms with Crippen LogP contribution in [0.3, 0.4) is 0 Å². The highest BCUT2D eigenvalue weighted by molar-refractivity contribution is 5.25. The Bertz CT molecular complexity index is 364. The van der Waals surface area contributed by atoms with Gasteiger partial charge in [0.05, 0.1) is 4.92 Å². The number of hydrogen-bond donors (Lipinski definition) is 0. The summed E-state index contributed by atoms with van der Waals surface area (Å²) in [6, 6.07) is -1.21. The van der Waals surface area contributed by atoms with Gasteiger partial charge in [-0.3, -0.25) is 20.2 Å². The molecular weight excluding hydrogens is 207 g/mol. The highest BCUT2D eigenvalue weighted by atomic mass is 19.1. The van der Waals surface area contributed by atoms with Gasteiger partial charge in [-0.05, 0) is 18.6 Å². The molecule has 1 aliphatic carbocycles. The molecule has 0 bridgehead atoms. The molecule has 0 N–H and O–H groups in total. The van der Waals surface area contributed by atoms with Crippen molar-refractivity contribution in [2.45, 2.75) is 19.4 Å². The van der Waals surface area contributed by atoms with Crippen LogP contribution in [-0.4, -0.2) is 15.9 Å². The molecule has 0 heterocycles. The van der Waals surface area contributed by atoms with Crippen molar-refractivity contribution in [1.29, 1.82) is 0 Å². The van der Waals surface area contributed by atoms with E-state index in [0.717, 1.165) is 12.2 Å². The molecule has 1 aliphatic rings. The van der Waals surface area contributed by atoms with Gasteiger partial charge in [-0.25, -0.2) is 0 Å². The Kier molecular flexibility index (Phi) is 3.13. The third-order valence-electron chi connectivity index (χ3n) is 2.33. The lowest BCUT2D eigenvalue weighted by Crippen LogP contribution is -2.33. The van der Waals surface area contributed by atoms with E-state index in [1.807, 2.05) is 0 Å². The summed E-state index contributed by atoms with van der Waals surface area (Å²) in [7, 11) is 0. The average molecular weight is 216 g/mol. The Balaban J connectivity index is 3.14. The molecule has 7 heteroatoms. The Morgan fingerprint density at radius 2 is 2.07 bits per heavy atom. The first-order chi connectivity index (χ1) is 6.99. The van der Waals surface area contributed by atoms with Gasteiger partial charge in [0.1, 0.15) is 5.92 Å². The highest BCUT2D eigenvalue weighted by Gasteiger charge is 2.42. The van der Waals surface area contributed by atoms with Gasteiger partial charge in [0, 0.05) is 4.92 Å². The monoisotopic (exact) mass is 216 g/mol. The van der Waals surface area contributed by atoms with Crippen LogP contribution in [0.25, 0.3) is 0 Å². The van der Waals surface area contributed by atoms with Gasteiger partial charge in [0.2, 0.25) is 6.04 Å².